The van der Waals surface area contributed by atoms with Crippen molar-refractivity contribution in [1.82, 2.24) is 14.8 Å². The lowest BCUT2D eigenvalue weighted by Gasteiger charge is -2.10. The highest BCUT2D eigenvalue weighted by Crippen LogP contribution is 2.29. The van der Waals surface area contributed by atoms with Crippen LogP contribution in [0.4, 0.5) is 5.82 Å². The van der Waals surface area contributed by atoms with Gasteiger partial charge in [-0.2, -0.15) is 5.10 Å². The summed E-state index contributed by atoms with van der Waals surface area (Å²) in [6.45, 7) is 6.29. The highest BCUT2D eigenvalue weighted by Gasteiger charge is 2.19. The Morgan fingerprint density at radius 3 is 2.88 bits per heavy atom. The van der Waals surface area contributed by atoms with Crippen molar-refractivity contribution in [2.45, 2.75) is 33.2 Å². The molecule has 1 amide bonds. The molecule has 4 aromatic rings. The van der Waals surface area contributed by atoms with Gasteiger partial charge in [-0.1, -0.05) is 24.6 Å². The van der Waals surface area contributed by atoms with E-state index in [-0.39, 0.29) is 11.9 Å². The smallest absolute Gasteiger partial charge is 0.266 e. The van der Waals surface area contributed by atoms with E-state index in [2.05, 4.69) is 49.4 Å². The van der Waals surface area contributed by atoms with Crippen molar-refractivity contribution in [3.05, 3.63) is 52.2 Å². The van der Waals surface area contributed by atoms with Gasteiger partial charge in [0.05, 0.1) is 21.8 Å². The minimum atomic E-state index is -0.139. The Labute approximate surface area is 155 Å². The third-order valence-corrected chi connectivity index (χ3v) is 5.48. The van der Waals surface area contributed by atoms with Gasteiger partial charge in [-0.3, -0.25) is 4.79 Å². The van der Waals surface area contributed by atoms with Crippen LogP contribution < -0.4 is 5.32 Å². The van der Waals surface area contributed by atoms with Gasteiger partial charge in [0, 0.05) is 5.39 Å². The van der Waals surface area contributed by atoms with E-state index in [1.807, 2.05) is 28.3 Å². The first-order chi connectivity index (χ1) is 12.6. The normalized spacial score (nSPS) is 12.6. The molecule has 0 aliphatic rings. The minimum absolute atomic E-state index is 0.139. The predicted octanol–water partition coefficient (Wildman–Crippen LogP) is 5.18. The van der Waals surface area contributed by atoms with Gasteiger partial charge in [-0.15, -0.1) is 11.3 Å². The summed E-state index contributed by atoms with van der Waals surface area (Å²) >= 11 is 1.42. The third kappa shape index (κ3) is 2.86. The average Bonchev–Trinajstić information content (AvgIpc) is 3.28. The van der Waals surface area contributed by atoms with Gasteiger partial charge in [0.2, 0.25) is 0 Å². The minimum Gasteiger partial charge on any atom is -0.304 e. The second-order valence-corrected chi connectivity index (χ2v) is 7.49. The van der Waals surface area contributed by atoms with Crippen molar-refractivity contribution in [3.8, 4) is 0 Å². The molecule has 0 fully saturated rings. The molecule has 1 aromatic carbocycles. The summed E-state index contributed by atoms with van der Waals surface area (Å²) in [5, 5.41) is 11.5. The topological polar surface area (TPSA) is 59.8 Å². The van der Waals surface area contributed by atoms with E-state index < -0.39 is 0 Å². The zero-order valence-electron chi connectivity index (χ0n) is 15.0. The number of hydrogen-bond acceptors (Lipinski definition) is 4. The van der Waals surface area contributed by atoms with Crippen LogP contribution in [0, 0.1) is 6.92 Å². The number of aromatic nitrogens is 3. The maximum atomic E-state index is 12.5. The number of fused-ring (bicyclic) bond motifs is 2. The van der Waals surface area contributed by atoms with E-state index in [0.717, 1.165) is 28.4 Å². The lowest BCUT2D eigenvalue weighted by molar-refractivity contribution is 0.103. The van der Waals surface area contributed by atoms with Crippen molar-refractivity contribution in [1.29, 1.82) is 0 Å². The summed E-state index contributed by atoms with van der Waals surface area (Å²) in [7, 11) is 0. The van der Waals surface area contributed by atoms with Crippen molar-refractivity contribution in [2.24, 2.45) is 0 Å². The van der Waals surface area contributed by atoms with Crippen LogP contribution in [-0.2, 0) is 0 Å². The molecule has 0 saturated carbocycles. The predicted molar refractivity (Wildman–Crippen MR) is 107 cm³/mol. The molecule has 26 heavy (non-hydrogen) atoms. The molecule has 3 aromatic heterocycles. The molecule has 0 unspecified atom stereocenters. The van der Waals surface area contributed by atoms with Gasteiger partial charge in [0.25, 0.3) is 5.91 Å². The van der Waals surface area contributed by atoms with E-state index in [1.54, 1.807) is 0 Å². The van der Waals surface area contributed by atoms with Crippen LogP contribution in [0.3, 0.4) is 0 Å². The molecular formula is C20H20N4OS. The molecule has 0 aliphatic heterocycles. The van der Waals surface area contributed by atoms with Gasteiger partial charge in [-0.25, -0.2) is 9.67 Å². The number of pyridine rings is 1. The Morgan fingerprint density at radius 2 is 2.15 bits per heavy atom. The van der Waals surface area contributed by atoms with Gasteiger partial charge in [0.1, 0.15) is 0 Å². The highest BCUT2D eigenvalue weighted by atomic mass is 32.1. The van der Waals surface area contributed by atoms with Crippen LogP contribution in [0.25, 0.3) is 21.9 Å². The van der Waals surface area contributed by atoms with Crippen LogP contribution in [0.15, 0.2) is 41.8 Å². The van der Waals surface area contributed by atoms with Gasteiger partial charge in [-0.05, 0) is 49.9 Å². The van der Waals surface area contributed by atoms with E-state index in [1.165, 1.54) is 16.9 Å². The largest absolute Gasteiger partial charge is 0.304 e. The van der Waals surface area contributed by atoms with Crippen molar-refractivity contribution in [3.63, 3.8) is 0 Å². The average molecular weight is 364 g/mol. The Balaban J connectivity index is 1.89. The molecule has 5 nitrogen and oxygen atoms in total. The Hall–Kier alpha value is -2.73. The second-order valence-electron chi connectivity index (χ2n) is 6.54. The van der Waals surface area contributed by atoms with Gasteiger partial charge in [0.15, 0.2) is 11.5 Å². The number of carbonyl (C=O) groups excluding carboxylic acids is 1. The van der Waals surface area contributed by atoms with Gasteiger partial charge < -0.3 is 5.32 Å². The number of benzene rings is 1. The molecular weight excluding hydrogens is 344 g/mol. The van der Waals surface area contributed by atoms with E-state index in [9.17, 15) is 4.79 Å². The summed E-state index contributed by atoms with van der Waals surface area (Å²) in [6, 6.07) is 12.1. The second kappa shape index (κ2) is 6.53. The Kier molecular flexibility index (Phi) is 4.20. The first-order valence-corrected chi connectivity index (χ1v) is 9.59. The number of rotatable bonds is 4. The van der Waals surface area contributed by atoms with Gasteiger partial charge >= 0.3 is 0 Å². The van der Waals surface area contributed by atoms with Crippen molar-refractivity contribution < 1.29 is 4.79 Å². The van der Waals surface area contributed by atoms with Crippen LogP contribution in [0.1, 0.15) is 41.5 Å². The Bertz CT molecular complexity index is 1100. The maximum Gasteiger partial charge on any atom is 0.266 e. The summed E-state index contributed by atoms with van der Waals surface area (Å²) < 4.78 is 1.92. The summed E-state index contributed by atoms with van der Waals surface area (Å²) in [5.74, 6) is 0.426. The number of thiophene rings is 1. The zero-order chi connectivity index (χ0) is 18.3. The fraction of sp³-hybridized carbons (Fsp3) is 0.250. The third-order valence-electron chi connectivity index (χ3n) is 4.62. The summed E-state index contributed by atoms with van der Waals surface area (Å²) in [4.78, 5) is 18.0. The molecule has 1 N–H and O–H groups in total. The monoisotopic (exact) mass is 364 g/mol. The number of carbonyl (C=O) groups is 1. The maximum absolute atomic E-state index is 12.5. The molecule has 3 heterocycles. The van der Waals surface area contributed by atoms with Crippen molar-refractivity contribution in [2.75, 3.05) is 5.32 Å². The molecule has 4 rings (SSSR count). The molecule has 0 radical (unpaired) electrons. The molecule has 1 atom stereocenters. The van der Waals surface area contributed by atoms with Crippen LogP contribution >= 0.6 is 11.3 Å². The number of nitrogens with one attached hydrogen (secondary N) is 1. The fourth-order valence-electron chi connectivity index (χ4n) is 2.99. The number of hydrogen-bond donors (Lipinski definition) is 1. The number of anilines is 1. The number of nitrogens with zero attached hydrogens (tertiary/aromatic N) is 3. The summed E-state index contributed by atoms with van der Waals surface area (Å²) in [5.41, 5.74) is 2.91. The van der Waals surface area contributed by atoms with E-state index >= 15 is 0 Å². The number of aryl methyl sites for hydroxylation is 1. The molecule has 0 aliphatic carbocycles. The van der Waals surface area contributed by atoms with Crippen LogP contribution in [-0.4, -0.2) is 20.7 Å². The first kappa shape index (κ1) is 16.7. The summed E-state index contributed by atoms with van der Waals surface area (Å²) in [6.07, 6.45) is 0.933. The fourth-order valence-corrected chi connectivity index (χ4v) is 3.61. The molecule has 0 spiro atoms. The first-order valence-electron chi connectivity index (χ1n) is 8.71. The van der Waals surface area contributed by atoms with Crippen LogP contribution in [0.5, 0.6) is 0 Å². The standard InChI is InChI=1S/C20H20N4OS/c1-4-13(3)24-19-15(11-14-10-12(2)7-8-16(14)21-19)18(23-24)22-20(25)17-6-5-9-26-17/h5-11,13H,4H2,1-3H3,(H,22,23,25)/t13-/m1/s1. The van der Waals surface area contributed by atoms with E-state index in [0.29, 0.717) is 10.7 Å². The SMILES string of the molecule is CC[C@@H](C)n1nc(NC(=O)c2cccs2)c2cc3cc(C)ccc3nc21. The Morgan fingerprint density at radius 1 is 1.31 bits per heavy atom. The molecule has 132 valence electrons. The molecule has 0 saturated heterocycles. The highest BCUT2D eigenvalue weighted by molar-refractivity contribution is 7.12. The lowest BCUT2D eigenvalue weighted by atomic mass is 10.1. The quantitative estimate of drug-likeness (QED) is 0.543. The lowest BCUT2D eigenvalue weighted by Crippen LogP contribution is -2.12. The zero-order valence-corrected chi connectivity index (χ0v) is 15.8. The van der Waals surface area contributed by atoms with Crippen molar-refractivity contribution >= 4 is 45.0 Å². The van der Waals surface area contributed by atoms with E-state index in [4.69, 9.17) is 4.98 Å². The number of amides is 1. The molecule has 0 bridgehead atoms. The van der Waals surface area contributed by atoms with Crippen LogP contribution in [0.2, 0.25) is 0 Å². The molecule has 6 heteroatoms.